The van der Waals surface area contributed by atoms with Crippen LogP contribution in [0.1, 0.15) is 41.5 Å². The van der Waals surface area contributed by atoms with Crippen molar-refractivity contribution >= 4 is 17.9 Å². The van der Waals surface area contributed by atoms with Crippen molar-refractivity contribution in [1.82, 2.24) is 14.7 Å². The van der Waals surface area contributed by atoms with Gasteiger partial charge in [-0.1, -0.05) is 30.3 Å². The molecule has 3 amide bonds. The van der Waals surface area contributed by atoms with E-state index < -0.39 is 54.0 Å². The van der Waals surface area contributed by atoms with Crippen LogP contribution >= 0.6 is 0 Å². The quantitative estimate of drug-likeness (QED) is 0.487. The van der Waals surface area contributed by atoms with Gasteiger partial charge in [0.1, 0.15) is 18.8 Å². The Morgan fingerprint density at radius 3 is 2.17 bits per heavy atom. The minimum absolute atomic E-state index is 0.0126. The molecular weight excluding hydrogens is 558 g/mol. The minimum Gasteiger partial charge on any atom is -0.444 e. The van der Waals surface area contributed by atoms with Crippen LogP contribution < -0.4 is 5.73 Å². The molecule has 2 saturated heterocycles. The molecule has 4 rings (SSSR count). The summed E-state index contributed by atoms with van der Waals surface area (Å²) in [5.74, 6) is -0.674. The first-order valence-electron chi connectivity index (χ1n) is 12.8. The van der Waals surface area contributed by atoms with E-state index in [1.54, 1.807) is 12.1 Å². The molecule has 2 aromatic carbocycles. The second-order valence-corrected chi connectivity index (χ2v) is 9.84. The van der Waals surface area contributed by atoms with Crippen LogP contribution in [-0.2, 0) is 39.8 Å². The van der Waals surface area contributed by atoms with Gasteiger partial charge in [-0.2, -0.15) is 26.3 Å². The van der Waals surface area contributed by atoms with E-state index in [1.165, 1.54) is 14.7 Å². The summed E-state index contributed by atoms with van der Waals surface area (Å²) in [6, 6.07) is 9.10. The zero-order valence-corrected chi connectivity index (χ0v) is 21.8. The number of nitrogens with two attached hydrogens (primary N) is 1. The van der Waals surface area contributed by atoms with E-state index in [1.807, 2.05) is 18.2 Å². The molecule has 41 heavy (non-hydrogen) atoms. The molecule has 0 radical (unpaired) electrons. The average Bonchev–Trinajstić information content (AvgIpc) is 2.91. The molecule has 2 heterocycles. The molecule has 0 unspecified atom stereocenters. The molecule has 0 bridgehead atoms. The Morgan fingerprint density at radius 2 is 1.59 bits per heavy atom. The lowest BCUT2D eigenvalue weighted by atomic mass is 9.99. The van der Waals surface area contributed by atoms with Crippen molar-refractivity contribution in [1.29, 1.82) is 0 Å². The van der Waals surface area contributed by atoms with Crippen LogP contribution in [0, 0.1) is 0 Å². The summed E-state index contributed by atoms with van der Waals surface area (Å²) in [5, 5.41) is 0. The highest BCUT2D eigenvalue weighted by atomic mass is 19.4. The molecule has 222 valence electrons. The largest absolute Gasteiger partial charge is 0.444 e. The van der Waals surface area contributed by atoms with Crippen molar-refractivity contribution in [2.45, 2.75) is 57.0 Å². The van der Waals surface area contributed by atoms with E-state index in [0.717, 1.165) is 5.56 Å². The van der Waals surface area contributed by atoms with Gasteiger partial charge in [0.05, 0.1) is 17.7 Å². The van der Waals surface area contributed by atoms with Gasteiger partial charge in [0.25, 0.3) is 0 Å². The number of piperazine rings is 1. The smallest absolute Gasteiger partial charge is 0.416 e. The van der Waals surface area contributed by atoms with Gasteiger partial charge >= 0.3 is 18.4 Å². The Labute approximate surface area is 231 Å². The maximum absolute atomic E-state index is 13.4. The zero-order chi connectivity index (χ0) is 29.9. The van der Waals surface area contributed by atoms with E-state index >= 15 is 0 Å². The first kappa shape index (κ1) is 30.2. The van der Waals surface area contributed by atoms with Gasteiger partial charge in [-0.3, -0.25) is 14.5 Å². The Bertz CT molecular complexity index is 1240. The van der Waals surface area contributed by atoms with Crippen molar-refractivity contribution < 1.29 is 45.5 Å². The molecule has 0 aliphatic carbocycles. The van der Waals surface area contributed by atoms with Gasteiger partial charge in [-0.15, -0.1) is 0 Å². The van der Waals surface area contributed by atoms with Crippen LogP contribution in [0.25, 0.3) is 0 Å². The number of amides is 3. The second kappa shape index (κ2) is 12.0. The lowest BCUT2D eigenvalue weighted by Gasteiger charge is -2.51. The van der Waals surface area contributed by atoms with Crippen molar-refractivity contribution in [2.75, 3.05) is 19.6 Å². The normalized spacial score (nSPS) is 19.8. The number of rotatable bonds is 7. The predicted molar refractivity (Wildman–Crippen MR) is 133 cm³/mol. The Morgan fingerprint density at radius 1 is 0.951 bits per heavy atom. The highest BCUT2D eigenvalue weighted by Crippen LogP contribution is 2.37. The molecule has 2 aliphatic heterocycles. The molecule has 2 aromatic rings. The van der Waals surface area contributed by atoms with Crippen LogP contribution in [0.15, 0.2) is 48.5 Å². The van der Waals surface area contributed by atoms with E-state index in [2.05, 4.69) is 0 Å². The summed E-state index contributed by atoms with van der Waals surface area (Å²) in [5.41, 5.74) is 2.89. The molecule has 0 spiro atoms. The van der Waals surface area contributed by atoms with E-state index in [0.29, 0.717) is 18.6 Å². The monoisotopic (exact) mass is 586 g/mol. The molecule has 0 aromatic heterocycles. The summed E-state index contributed by atoms with van der Waals surface area (Å²) in [4.78, 5) is 43.5. The molecule has 14 heteroatoms. The summed E-state index contributed by atoms with van der Waals surface area (Å²) in [6.07, 6.45) is -11.6. The topological polar surface area (TPSA) is 96.2 Å². The van der Waals surface area contributed by atoms with Crippen LogP contribution in [0.3, 0.4) is 0 Å². The third kappa shape index (κ3) is 6.92. The van der Waals surface area contributed by atoms with Gasteiger partial charge in [0.2, 0.25) is 11.8 Å². The molecule has 2 atom stereocenters. The molecule has 2 N–H and O–H groups in total. The Kier molecular flexibility index (Phi) is 8.80. The van der Waals surface area contributed by atoms with Crippen molar-refractivity contribution in [3.8, 4) is 0 Å². The number of ether oxygens (including phenoxy) is 1. The number of carbonyl (C=O) groups excluding carboxylic acids is 3. The lowest BCUT2D eigenvalue weighted by Crippen LogP contribution is -2.71. The fourth-order valence-electron chi connectivity index (χ4n) is 5.06. The molecule has 0 saturated carbocycles. The molecule has 8 nitrogen and oxygen atoms in total. The van der Waals surface area contributed by atoms with Gasteiger partial charge in [0.15, 0.2) is 0 Å². The zero-order valence-electron chi connectivity index (χ0n) is 21.8. The predicted octanol–water partition coefficient (Wildman–Crippen LogP) is 4.37. The van der Waals surface area contributed by atoms with Gasteiger partial charge < -0.3 is 20.3 Å². The maximum atomic E-state index is 13.4. The van der Waals surface area contributed by atoms with Gasteiger partial charge in [0, 0.05) is 19.5 Å². The van der Waals surface area contributed by atoms with Gasteiger partial charge in [-0.05, 0) is 48.7 Å². The maximum Gasteiger partial charge on any atom is 0.416 e. The summed E-state index contributed by atoms with van der Waals surface area (Å²) in [6.45, 7) is -0.573. The summed E-state index contributed by atoms with van der Waals surface area (Å²) >= 11 is 0. The van der Waals surface area contributed by atoms with Crippen molar-refractivity contribution in [2.24, 2.45) is 5.73 Å². The third-order valence-electron chi connectivity index (χ3n) is 6.99. The number of fused-ring (bicyclic) bond motifs is 1. The number of halogens is 6. The number of hydrogen-bond donors (Lipinski definition) is 1. The highest BCUT2D eigenvalue weighted by molar-refractivity contribution is 5.90. The van der Waals surface area contributed by atoms with E-state index in [9.17, 15) is 40.7 Å². The highest BCUT2D eigenvalue weighted by Gasteiger charge is 2.49. The first-order chi connectivity index (χ1) is 19.3. The van der Waals surface area contributed by atoms with Crippen LogP contribution in [-0.4, -0.2) is 64.4 Å². The number of alkyl halides is 6. The SMILES string of the molecule is NCCC[C@H]1C(=O)N(Cc2ccccc2)C[C@@H]2N(C(=O)OCc3cc(C(F)(F)F)cc(C(F)(F)F)c3)CCC(=O)N21. The first-order valence-corrected chi connectivity index (χ1v) is 12.8. The molecule has 2 fully saturated rings. The van der Waals surface area contributed by atoms with Crippen LogP contribution in [0.2, 0.25) is 0 Å². The fraction of sp³-hybridized carbons (Fsp3) is 0.444. The van der Waals surface area contributed by atoms with E-state index in [4.69, 9.17) is 10.5 Å². The second-order valence-electron chi connectivity index (χ2n) is 9.84. The molecule has 2 aliphatic rings. The Hall–Kier alpha value is -3.81. The van der Waals surface area contributed by atoms with Crippen molar-refractivity contribution in [3.63, 3.8) is 0 Å². The number of nitrogens with zero attached hydrogens (tertiary/aromatic N) is 3. The number of benzene rings is 2. The summed E-state index contributed by atoms with van der Waals surface area (Å²) < 4.78 is 84.6. The fourth-order valence-corrected chi connectivity index (χ4v) is 5.06. The standard InChI is InChI=1S/C27H28F6N4O4/c28-26(29,30)19-11-18(12-20(13-19)27(31,32)33)16-41-25(40)36-10-8-23(38)37-21(7-4-9-34)24(39)35(15-22(36)37)14-17-5-2-1-3-6-17/h1-3,5-6,11-13,21-22H,4,7-10,14-16,34H2/t21-,22+/m0/s1. The average molecular weight is 587 g/mol. The third-order valence-corrected chi connectivity index (χ3v) is 6.99. The summed E-state index contributed by atoms with van der Waals surface area (Å²) in [7, 11) is 0. The Balaban J connectivity index is 1.57. The number of carbonyl (C=O) groups is 3. The van der Waals surface area contributed by atoms with Crippen molar-refractivity contribution in [3.05, 3.63) is 70.8 Å². The molecular formula is C27H28F6N4O4. The van der Waals surface area contributed by atoms with Gasteiger partial charge in [-0.25, -0.2) is 4.79 Å². The lowest BCUT2D eigenvalue weighted by molar-refractivity contribution is -0.169. The number of hydrogen-bond acceptors (Lipinski definition) is 5. The minimum atomic E-state index is -5.05. The van der Waals surface area contributed by atoms with Crippen LogP contribution in [0.4, 0.5) is 31.1 Å². The van der Waals surface area contributed by atoms with E-state index in [-0.39, 0.29) is 56.9 Å². The van der Waals surface area contributed by atoms with Crippen LogP contribution in [0.5, 0.6) is 0 Å².